The average Bonchev–Trinajstić information content (AvgIpc) is 2.96. The molecule has 4 fully saturated rings. The predicted molar refractivity (Wildman–Crippen MR) is 118 cm³/mol. The van der Waals surface area contributed by atoms with Crippen molar-refractivity contribution in [2.45, 2.75) is 95.9 Å². The van der Waals surface area contributed by atoms with Crippen molar-refractivity contribution in [1.82, 2.24) is 0 Å². The van der Waals surface area contributed by atoms with Gasteiger partial charge >= 0.3 is 11.6 Å². The zero-order chi connectivity index (χ0) is 22.9. The van der Waals surface area contributed by atoms with Gasteiger partial charge in [-0.1, -0.05) is 13.8 Å². The van der Waals surface area contributed by atoms with E-state index in [-0.39, 0.29) is 29.3 Å². The third kappa shape index (κ3) is 2.98. The molecule has 0 unspecified atom stereocenters. The summed E-state index contributed by atoms with van der Waals surface area (Å²) < 4.78 is 11.0. The number of rotatable bonds is 2. The quantitative estimate of drug-likeness (QED) is 0.674. The van der Waals surface area contributed by atoms with Crippen molar-refractivity contribution < 1.29 is 24.2 Å². The largest absolute Gasteiger partial charge is 0.459 e. The molecule has 5 rings (SSSR count). The Bertz CT molecular complexity index is 935. The van der Waals surface area contributed by atoms with E-state index in [2.05, 4.69) is 13.8 Å². The molecule has 0 aliphatic heterocycles. The fraction of sp³-hybridized carbons (Fsp3) is 0.769. The topological polar surface area (TPSA) is 97.0 Å². The van der Waals surface area contributed by atoms with E-state index in [0.717, 1.165) is 50.5 Å². The normalized spacial score (nSPS) is 47.8. The Morgan fingerprint density at radius 1 is 1.09 bits per heavy atom. The van der Waals surface area contributed by atoms with E-state index < -0.39 is 22.7 Å². The first-order chi connectivity index (χ1) is 15.1. The molecule has 2 N–H and O–H groups in total. The molecule has 0 saturated heterocycles. The minimum Gasteiger partial charge on any atom is -0.459 e. The lowest BCUT2D eigenvalue weighted by Gasteiger charge is -2.64. The second kappa shape index (κ2) is 7.42. The van der Waals surface area contributed by atoms with Crippen molar-refractivity contribution in [3.8, 4) is 0 Å². The molecule has 176 valence electrons. The van der Waals surface area contributed by atoms with Gasteiger partial charge in [-0.05, 0) is 92.1 Å². The van der Waals surface area contributed by atoms with Gasteiger partial charge in [0.15, 0.2) is 0 Å². The van der Waals surface area contributed by atoms with Crippen molar-refractivity contribution in [3.05, 3.63) is 34.4 Å². The molecular formula is C26H36O6. The molecule has 6 heteroatoms. The van der Waals surface area contributed by atoms with E-state index in [0.29, 0.717) is 18.3 Å². The summed E-state index contributed by atoms with van der Waals surface area (Å²) in [6.45, 7) is 5.92. The highest BCUT2D eigenvalue weighted by molar-refractivity contribution is 5.66. The Labute approximate surface area is 189 Å². The number of ether oxygens (including phenoxy) is 1. The van der Waals surface area contributed by atoms with Gasteiger partial charge in [0.25, 0.3) is 0 Å². The number of hydrogen-bond donors (Lipinski definition) is 2. The molecule has 0 aromatic carbocycles. The molecule has 1 heterocycles. The van der Waals surface area contributed by atoms with Crippen LogP contribution in [0.15, 0.2) is 27.6 Å². The van der Waals surface area contributed by atoms with Crippen molar-refractivity contribution >= 4 is 5.97 Å². The maximum absolute atomic E-state index is 12.6. The number of carbonyl (C=O) groups excluding carboxylic acids is 1. The van der Waals surface area contributed by atoms with Crippen LogP contribution in [0, 0.1) is 28.6 Å². The SMILES string of the molecule is CC(=O)O[C@@H]1C[C@H](c2ccc(=O)oc2)[C@@]2(C)CC[C@H]3[C@@H](CC[C@@H]4C[C@@H](O)CC[C@@]43C)[C@@]12O. The molecule has 1 aromatic heterocycles. The summed E-state index contributed by atoms with van der Waals surface area (Å²) in [5.41, 5.74) is -1.02. The van der Waals surface area contributed by atoms with Gasteiger partial charge in [-0.15, -0.1) is 0 Å². The molecule has 1 aromatic rings. The smallest absolute Gasteiger partial charge is 0.335 e. The molecule has 4 saturated carbocycles. The Morgan fingerprint density at radius 3 is 2.56 bits per heavy atom. The Hall–Kier alpha value is -1.66. The molecule has 9 atom stereocenters. The lowest BCUT2D eigenvalue weighted by Crippen LogP contribution is -2.65. The third-order valence-corrected chi connectivity index (χ3v) is 10.3. The highest BCUT2D eigenvalue weighted by Crippen LogP contribution is 2.71. The first kappa shape index (κ1) is 22.1. The third-order valence-electron chi connectivity index (χ3n) is 10.3. The first-order valence-electron chi connectivity index (χ1n) is 12.3. The van der Waals surface area contributed by atoms with E-state index >= 15 is 0 Å². The van der Waals surface area contributed by atoms with E-state index in [1.165, 1.54) is 19.3 Å². The Kier molecular flexibility index (Phi) is 5.14. The number of fused-ring (bicyclic) bond motifs is 5. The van der Waals surface area contributed by atoms with Crippen LogP contribution in [0.2, 0.25) is 0 Å². The van der Waals surface area contributed by atoms with E-state index in [1.54, 1.807) is 6.07 Å². The number of hydrogen-bond acceptors (Lipinski definition) is 6. The van der Waals surface area contributed by atoms with Gasteiger partial charge in [-0.3, -0.25) is 4.79 Å². The van der Waals surface area contributed by atoms with E-state index in [4.69, 9.17) is 9.15 Å². The number of aliphatic hydroxyl groups excluding tert-OH is 1. The van der Waals surface area contributed by atoms with Gasteiger partial charge in [0.2, 0.25) is 0 Å². The zero-order valence-corrected chi connectivity index (χ0v) is 19.4. The van der Waals surface area contributed by atoms with Gasteiger partial charge < -0.3 is 19.4 Å². The van der Waals surface area contributed by atoms with E-state index in [9.17, 15) is 19.8 Å². The molecule has 0 amide bonds. The lowest BCUT2D eigenvalue weighted by atomic mass is 9.43. The minimum absolute atomic E-state index is 0.0443. The molecule has 32 heavy (non-hydrogen) atoms. The van der Waals surface area contributed by atoms with Gasteiger partial charge in [0, 0.05) is 18.4 Å². The van der Waals surface area contributed by atoms with Gasteiger partial charge in [-0.2, -0.15) is 0 Å². The highest BCUT2D eigenvalue weighted by atomic mass is 16.6. The molecule has 0 spiro atoms. The molecule has 4 aliphatic carbocycles. The highest BCUT2D eigenvalue weighted by Gasteiger charge is 2.72. The summed E-state index contributed by atoms with van der Waals surface area (Å²) in [7, 11) is 0. The van der Waals surface area contributed by atoms with E-state index in [1.807, 2.05) is 0 Å². The average molecular weight is 445 g/mol. The van der Waals surface area contributed by atoms with Gasteiger partial charge in [-0.25, -0.2) is 4.79 Å². The zero-order valence-electron chi connectivity index (χ0n) is 19.4. The van der Waals surface area contributed by atoms with Crippen molar-refractivity contribution in [1.29, 1.82) is 0 Å². The second-order valence-electron chi connectivity index (χ2n) is 11.5. The molecule has 0 bridgehead atoms. The monoisotopic (exact) mass is 444 g/mol. The second-order valence-corrected chi connectivity index (χ2v) is 11.5. The Morgan fingerprint density at radius 2 is 1.88 bits per heavy atom. The minimum atomic E-state index is -1.13. The van der Waals surface area contributed by atoms with Crippen LogP contribution < -0.4 is 5.63 Å². The standard InChI is InChI=1S/C26H36O6/c1-15(27)32-22-13-21(16-4-7-23(29)31-14-16)25(3)11-9-19-20(26(22,25)30)6-5-17-12-18(28)8-10-24(17,19)2/h4,7,14,17-22,28,30H,5-6,8-13H2,1-3H3/t17-,18+,19+,20-,21-,22-,24+,25-,26-/m1/s1. The number of aliphatic hydroxyl groups is 2. The molecule has 4 aliphatic rings. The summed E-state index contributed by atoms with van der Waals surface area (Å²) in [4.78, 5) is 23.6. The molecular weight excluding hydrogens is 408 g/mol. The van der Waals surface area contributed by atoms with Crippen LogP contribution in [0.4, 0.5) is 0 Å². The first-order valence-corrected chi connectivity index (χ1v) is 12.3. The van der Waals surface area contributed by atoms with Gasteiger partial charge in [0.05, 0.1) is 12.4 Å². The molecule has 6 nitrogen and oxygen atoms in total. The van der Waals surface area contributed by atoms with Gasteiger partial charge in [0.1, 0.15) is 11.7 Å². The number of esters is 1. The van der Waals surface area contributed by atoms with Crippen LogP contribution in [0.25, 0.3) is 0 Å². The predicted octanol–water partition coefficient (Wildman–Crippen LogP) is 3.78. The fourth-order valence-electron chi connectivity index (χ4n) is 8.63. The summed E-state index contributed by atoms with van der Waals surface area (Å²) in [6.07, 6.45) is 7.65. The van der Waals surface area contributed by atoms with Crippen molar-refractivity contribution in [2.24, 2.45) is 28.6 Å². The van der Waals surface area contributed by atoms with Crippen LogP contribution >= 0.6 is 0 Å². The lowest BCUT2D eigenvalue weighted by molar-refractivity contribution is -0.239. The van der Waals surface area contributed by atoms with Crippen molar-refractivity contribution in [2.75, 3.05) is 0 Å². The van der Waals surface area contributed by atoms with Crippen LogP contribution in [-0.2, 0) is 9.53 Å². The van der Waals surface area contributed by atoms with Crippen molar-refractivity contribution in [3.63, 3.8) is 0 Å². The summed E-state index contributed by atoms with van der Waals surface area (Å²) in [5, 5.41) is 22.9. The summed E-state index contributed by atoms with van der Waals surface area (Å²) >= 11 is 0. The van der Waals surface area contributed by atoms with Crippen LogP contribution in [0.3, 0.4) is 0 Å². The van der Waals surface area contributed by atoms with Crippen LogP contribution in [0.1, 0.15) is 83.6 Å². The summed E-state index contributed by atoms with van der Waals surface area (Å²) in [5.74, 6) is 0.447. The van der Waals surface area contributed by atoms with Crippen LogP contribution in [0.5, 0.6) is 0 Å². The molecule has 0 radical (unpaired) electrons. The Balaban J connectivity index is 1.56. The maximum atomic E-state index is 12.6. The summed E-state index contributed by atoms with van der Waals surface area (Å²) in [6, 6.07) is 3.23. The van der Waals surface area contributed by atoms with Crippen LogP contribution in [-0.4, -0.2) is 34.0 Å². The maximum Gasteiger partial charge on any atom is 0.335 e. The fourth-order valence-corrected chi connectivity index (χ4v) is 8.63. The number of carbonyl (C=O) groups is 1.